The molecule has 2 aliphatic rings. The van der Waals surface area contributed by atoms with Crippen molar-refractivity contribution in [2.75, 3.05) is 19.6 Å². The maximum atomic E-state index is 12.9. The summed E-state index contributed by atoms with van der Waals surface area (Å²) in [6.45, 7) is 4.40. The van der Waals surface area contributed by atoms with Crippen LogP contribution >= 0.6 is 0 Å². The van der Waals surface area contributed by atoms with Crippen LogP contribution in [-0.2, 0) is 22.6 Å². The van der Waals surface area contributed by atoms with Crippen LogP contribution < -0.4 is 5.32 Å². The third-order valence-electron chi connectivity index (χ3n) is 5.37. The van der Waals surface area contributed by atoms with Crippen LogP contribution in [0.5, 0.6) is 5.75 Å². The number of aromatic hydroxyl groups is 1. The molecule has 2 amide bonds. The lowest BCUT2D eigenvalue weighted by molar-refractivity contribution is -0.153. The lowest BCUT2D eigenvalue weighted by Crippen LogP contribution is -2.69. The minimum absolute atomic E-state index is 0.0361. The molecule has 2 fully saturated rings. The Morgan fingerprint density at radius 2 is 1.93 bits per heavy atom. The average Bonchev–Trinajstić information content (AvgIpc) is 2.68. The van der Waals surface area contributed by atoms with E-state index in [0.29, 0.717) is 26.1 Å². The van der Waals surface area contributed by atoms with Gasteiger partial charge in [-0.05, 0) is 36.8 Å². The normalized spacial score (nSPS) is 22.7. The molecule has 0 radical (unpaired) electrons. The van der Waals surface area contributed by atoms with Gasteiger partial charge in [0.15, 0.2) is 0 Å². The van der Waals surface area contributed by atoms with Crippen LogP contribution in [0.1, 0.15) is 17.0 Å². The molecule has 3 heterocycles. The molecule has 0 bridgehead atoms. The first-order valence-corrected chi connectivity index (χ1v) is 9.53. The Labute approximate surface area is 164 Å². The second-order valence-corrected chi connectivity index (χ2v) is 7.48. The highest BCUT2D eigenvalue weighted by Crippen LogP contribution is 2.20. The number of amides is 2. The number of hydrogen-bond donors (Lipinski definition) is 2. The number of hydrogen-bond acceptors (Lipinski definition) is 5. The lowest BCUT2D eigenvalue weighted by atomic mass is 9.98. The number of benzene rings is 1. The first-order valence-electron chi connectivity index (χ1n) is 9.53. The minimum Gasteiger partial charge on any atom is -0.508 e. The van der Waals surface area contributed by atoms with Crippen LogP contribution in [0.15, 0.2) is 42.5 Å². The van der Waals surface area contributed by atoms with Gasteiger partial charge in [-0.2, -0.15) is 0 Å². The fourth-order valence-electron chi connectivity index (χ4n) is 3.92. The summed E-state index contributed by atoms with van der Waals surface area (Å²) < 4.78 is 0. The molecule has 0 spiro atoms. The molecule has 7 heteroatoms. The first kappa shape index (κ1) is 18.4. The van der Waals surface area contributed by atoms with Crippen LogP contribution in [0.25, 0.3) is 0 Å². The predicted octanol–water partition coefficient (Wildman–Crippen LogP) is 0.850. The van der Waals surface area contributed by atoms with Gasteiger partial charge in [0.2, 0.25) is 11.8 Å². The minimum atomic E-state index is -0.557. The van der Waals surface area contributed by atoms with Crippen molar-refractivity contribution in [1.82, 2.24) is 20.1 Å². The smallest absolute Gasteiger partial charge is 0.246 e. The molecule has 28 heavy (non-hydrogen) atoms. The van der Waals surface area contributed by atoms with Gasteiger partial charge in [0, 0.05) is 38.3 Å². The van der Waals surface area contributed by atoms with Gasteiger partial charge in [0.05, 0.1) is 5.69 Å². The monoisotopic (exact) mass is 380 g/mol. The maximum absolute atomic E-state index is 12.9. The number of aryl methyl sites for hydroxylation is 1. The topological polar surface area (TPSA) is 85.8 Å². The molecule has 0 aliphatic carbocycles. The van der Waals surface area contributed by atoms with E-state index in [1.54, 1.807) is 29.2 Å². The van der Waals surface area contributed by atoms with Gasteiger partial charge in [-0.1, -0.05) is 18.2 Å². The molecule has 0 saturated carbocycles. The Bertz CT molecular complexity index is 883. The first-order chi connectivity index (χ1) is 13.5. The predicted molar refractivity (Wildman–Crippen MR) is 103 cm³/mol. The van der Waals surface area contributed by atoms with Gasteiger partial charge >= 0.3 is 0 Å². The molecular weight excluding hydrogens is 356 g/mol. The van der Waals surface area contributed by atoms with Gasteiger partial charge in [-0.25, -0.2) is 0 Å². The SMILES string of the molecule is Cc1cccc(CN2CCN3C(=O)[C@H](Cc4ccc(O)cc4)NC(=O)[C@H]3C2)n1. The van der Waals surface area contributed by atoms with Gasteiger partial charge < -0.3 is 15.3 Å². The van der Waals surface area contributed by atoms with Crippen molar-refractivity contribution in [1.29, 1.82) is 0 Å². The molecule has 1 aromatic carbocycles. The summed E-state index contributed by atoms with van der Waals surface area (Å²) in [6, 6.07) is 11.6. The summed E-state index contributed by atoms with van der Waals surface area (Å²) in [4.78, 5) is 34.0. The Morgan fingerprint density at radius 3 is 2.68 bits per heavy atom. The number of pyridine rings is 1. The lowest BCUT2D eigenvalue weighted by Gasteiger charge is -2.45. The quantitative estimate of drug-likeness (QED) is 0.821. The van der Waals surface area contributed by atoms with Crippen molar-refractivity contribution >= 4 is 11.8 Å². The van der Waals surface area contributed by atoms with Crippen molar-refractivity contribution in [2.45, 2.75) is 32.0 Å². The highest BCUT2D eigenvalue weighted by molar-refractivity contribution is 5.97. The molecule has 4 rings (SSSR count). The molecule has 2 N–H and O–H groups in total. The number of aromatic nitrogens is 1. The zero-order chi connectivity index (χ0) is 19.7. The van der Waals surface area contributed by atoms with Gasteiger partial charge in [-0.3, -0.25) is 19.5 Å². The van der Waals surface area contributed by atoms with Crippen LogP contribution in [-0.4, -0.2) is 63.4 Å². The summed E-state index contributed by atoms with van der Waals surface area (Å²) >= 11 is 0. The van der Waals surface area contributed by atoms with Crippen molar-refractivity contribution < 1.29 is 14.7 Å². The van der Waals surface area contributed by atoms with Gasteiger partial charge in [0.25, 0.3) is 0 Å². The maximum Gasteiger partial charge on any atom is 0.246 e. The van der Waals surface area contributed by atoms with E-state index in [9.17, 15) is 14.7 Å². The third kappa shape index (κ3) is 3.84. The molecule has 7 nitrogen and oxygen atoms in total. The van der Waals surface area contributed by atoms with Gasteiger partial charge in [0.1, 0.15) is 17.8 Å². The van der Waals surface area contributed by atoms with E-state index in [-0.39, 0.29) is 17.6 Å². The molecule has 2 aliphatic heterocycles. The average molecular weight is 380 g/mol. The van der Waals surface area contributed by atoms with E-state index >= 15 is 0 Å². The number of phenolic OH excluding ortho intramolecular Hbond substituents is 1. The fourth-order valence-corrected chi connectivity index (χ4v) is 3.92. The Hall–Kier alpha value is -2.93. The van der Waals surface area contributed by atoms with E-state index < -0.39 is 12.1 Å². The summed E-state index contributed by atoms with van der Waals surface area (Å²) in [5.74, 6) is 0.0401. The standard InChI is InChI=1S/C21H24N4O3/c1-14-3-2-4-16(22-14)12-24-9-10-25-19(13-24)20(27)23-18(21(25)28)11-15-5-7-17(26)8-6-15/h2-8,18-19,26H,9-13H2,1H3,(H,23,27)/t18-,19+/m0/s1. The number of phenols is 1. The molecule has 2 saturated heterocycles. The van der Waals surface area contributed by atoms with E-state index in [1.807, 2.05) is 25.1 Å². The molecule has 2 aromatic rings. The summed E-state index contributed by atoms with van der Waals surface area (Å²) in [5, 5.41) is 12.3. The van der Waals surface area contributed by atoms with Crippen molar-refractivity contribution in [3.05, 3.63) is 59.4 Å². The number of nitrogens with zero attached hydrogens (tertiary/aromatic N) is 3. The zero-order valence-electron chi connectivity index (χ0n) is 15.8. The van der Waals surface area contributed by atoms with Crippen molar-refractivity contribution in [3.63, 3.8) is 0 Å². The van der Waals surface area contributed by atoms with Crippen molar-refractivity contribution in [2.24, 2.45) is 0 Å². The summed E-state index contributed by atoms with van der Waals surface area (Å²) in [7, 11) is 0. The van der Waals surface area contributed by atoms with Crippen LogP contribution in [0.4, 0.5) is 0 Å². The molecule has 0 unspecified atom stereocenters. The number of nitrogens with one attached hydrogen (secondary N) is 1. The fraction of sp³-hybridized carbons (Fsp3) is 0.381. The zero-order valence-corrected chi connectivity index (χ0v) is 15.8. The Kier molecular flexibility index (Phi) is 5.00. The second-order valence-electron chi connectivity index (χ2n) is 7.48. The van der Waals surface area contributed by atoms with Crippen LogP contribution in [0.2, 0.25) is 0 Å². The number of fused-ring (bicyclic) bond motifs is 1. The van der Waals surface area contributed by atoms with Crippen LogP contribution in [0, 0.1) is 6.92 Å². The largest absolute Gasteiger partial charge is 0.508 e. The highest BCUT2D eigenvalue weighted by atomic mass is 16.3. The van der Waals surface area contributed by atoms with Crippen LogP contribution in [0.3, 0.4) is 0 Å². The van der Waals surface area contributed by atoms with Gasteiger partial charge in [-0.15, -0.1) is 0 Å². The van der Waals surface area contributed by atoms with E-state index in [1.165, 1.54) is 0 Å². The molecule has 1 aromatic heterocycles. The van der Waals surface area contributed by atoms with E-state index in [4.69, 9.17) is 0 Å². The molecular formula is C21H24N4O3. The summed E-state index contributed by atoms with van der Waals surface area (Å²) in [6.07, 6.45) is 0.422. The Balaban J connectivity index is 1.41. The van der Waals surface area contributed by atoms with E-state index in [2.05, 4.69) is 15.2 Å². The molecule has 2 atom stereocenters. The Morgan fingerprint density at radius 1 is 1.14 bits per heavy atom. The van der Waals surface area contributed by atoms with E-state index in [0.717, 1.165) is 23.5 Å². The highest BCUT2D eigenvalue weighted by Gasteiger charge is 2.43. The summed E-state index contributed by atoms with van der Waals surface area (Å²) in [5.41, 5.74) is 2.85. The number of rotatable bonds is 4. The number of carbonyl (C=O) groups excluding carboxylic acids is 2. The molecule has 146 valence electrons. The number of piperazine rings is 2. The number of carbonyl (C=O) groups is 2. The third-order valence-corrected chi connectivity index (χ3v) is 5.37. The second kappa shape index (κ2) is 7.59. The van der Waals surface area contributed by atoms with Crippen molar-refractivity contribution in [3.8, 4) is 5.75 Å².